The van der Waals surface area contributed by atoms with Gasteiger partial charge in [-0.15, -0.1) is 0 Å². The molecule has 0 unspecified atom stereocenters. The van der Waals surface area contributed by atoms with Crippen LogP contribution in [0.5, 0.6) is 5.75 Å². The highest BCUT2D eigenvalue weighted by molar-refractivity contribution is 6.08. The summed E-state index contributed by atoms with van der Waals surface area (Å²) in [5.41, 5.74) is 1.51. The van der Waals surface area contributed by atoms with Crippen LogP contribution < -0.4 is 10.4 Å². The van der Waals surface area contributed by atoms with E-state index < -0.39 is 0 Å². The number of H-pyrrole nitrogens is 1. The summed E-state index contributed by atoms with van der Waals surface area (Å²) >= 11 is 0. The van der Waals surface area contributed by atoms with E-state index in [0.29, 0.717) is 12.9 Å². The van der Waals surface area contributed by atoms with Gasteiger partial charge in [0.05, 0.1) is 25.5 Å². The van der Waals surface area contributed by atoms with Gasteiger partial charge in [0, 0.05) is 13.1 Å². The Kier molecular flexibility index (Phi) is 2.54. The fourth-order valence-electron chi connectivity index (χ4n) is 1.48. The summed E-state index contributed by atoms with van der Waals surface area (Å²) in [7, 11) is 7.05. The van der Waals surface area contributed by atoms with Crippen molar-refractivity contribution >= 4 is 18.9 Å². The van der Waals surface area contributed by atoms with Gasteiger partial charge in [-0.1, -0.05) is 6.32 Å². The maximum Gasteiger partial charge on any atom is 0.326 e. The average molecular weight is 202 g/mol. The molecule has 0 amide bonds. The first-order chi connectivity index (χ1) is 7.22. The minimum Gasteiger partial charge on any atom is -0.494 e. The summed E-state index contributed by atoms with van der Waals surface area (Å²) in [5.74, 6) is 0.717. The molecule has 0 aliphatic heterocycles. The molecule has 0 bridgehead atoms. The van der Waals surface area contributed by atoms with Crippen molar-refractivity contribution in [2.24, 2.45) is 7.05 Å². The number of benzene rings is 1. The number of fused-ring (bicyclic) bond motifs is 1. The van der Waals surface area contributed by atoms with Gasteiger partial charge in [-0.3, -0.25) is 4.57 Å². The maximum absolute atomic E-state index is 11.3. The van der Waals surface area contributed by atoms with Gasteiger partial charge in [-0.25, -0.2) is 4.79 Å². The minimum absolute atomic E-state index is 0.124. The molecule has 2 rings (SSSR count). The topological polar surface area (TPSA) is 47.0 Å². The van der Waals surface area contributed by atoms with E-state index in [1.165, 1.54) is 0 Å². The van der Waals surface area contributed by atoms with E-state index in [1.807, 2.05) is 12.1 Å². The maximum atomic E-state index is 11.3. The molecule has 4 nitrogen and oxygen atoms in total. The number of nitrogens with one attached hydrogen (secondary N) is 1. The van der Waals surface area contributed by atoms with E-state index in [-0.39, 0.29) is 5.69 Å². The lowest BCUT2D eigenvalue weighted by Gasteiger charge is -2.03. The summed E-state index contributed by atoms with van der Waals surface area (Å²) in [6.45, 7) is 0.475. The fraction of sp³-hybridized carbons (Fsp3) is 0.300. The third-order valence-corrected chi connectivity index (χ3v) is 2.26. The van der Waals surface area contributed by atoms with Gasteiger partial charge in [-0.05, 0) is 12.1 Å². The predicted molar refractivity (Wildman–Crippen MR) is 59.6 cm³/mol. The van der Waals surface area contributed by atoms with Crippen molar-refractivity contribution in [3.05, 3.63) is 28.7 Å². The zero-order valence-electron chi connectivity index (χ0n) is 8.49. The first-order valence-corrected chi connectivity index (χ1v) is 4.74. The Bertz CT molecular complexity index is 530. The molecule has 1 aromatic carbocycles. The lowest BCUT2D eigenvalue weighted by Crippen LogP contribution is -2.11. The van der Waals surface area contributed by atoms with Gasteiger partial charge in [0.2, 0.25) is 0 Å². The van der Waals surface area contributed by atoms with Crippen LogP contribution in [-0.2, 0) is 7.05 Å². The summed E-state index contributed by atoms with van der Waals surface area (Å²) in [5, 5.41) is 0. The number of imidazole rings is 1. The second-order valence-corrected chi connectivity index (χ2v) is 3.31. The molecule has 0 fully saturated rings. The molecule has 0 aliphatic carbocycles. The van der Waals surface area contributed by atoms with E-state index in [2.05, 4.69) is 4.98 Å². The number of aryl methyl sites for hydroxylation is 1. The van der Waals surface area contributed by atoms with Crippen LogP contribution in [0.2, 0.25) is 6.32 Å². The van der Waals surface area contributed by atoms with Crippen molar-refractivity contribution in [1.82, 2.24) is 9.55 Å². The predicted octanol–water partition coefficient (Wildman–Crippen LogP) is 0.832. The van der Waals surface area contributed by atoms with Gasteiger partial charge in [0.25, 0.3) is 0 Å². The molecule has 76 valence electrons. The molecule has 2 aromatic rings. The molecule has 1 N–H and O–H groups in total. The molecule has 1 heterocycles. The normalized spacial score (nSPS) is 10.7. The Morgan fingerprint density at radius 1 is 1.53 bits per heavy atom. The van der Waals surface area contributed by atoms with Crippen LogP contribution in [0.1, 0.15) is 0 Å². The van der Waals surface area contributed by atoms with Crippen molar-refractivity contribution in [2.45, 2.75) is 6.32 Å². The van der Waals surface area contributed by atoms with Gasteiger partial charge >= 0.3 is 5.69 Å². The number of aromatic nitrogens is 2. The van der Waals surface area contributed by atoms with Crippen molar-refractivity contribution in [3.63, 3.8) is 0 Å². The molecule has 0 saturated carbocycles. The minimum atomic E-state index is -0.124. The van der Waals surface area contributed by atoms with Crippen LogP contribution in [0.4, 0.5) is 0 Å². The zero-order chi connectivity index (χ0) is 10.8. The molecule has 2 radical (unpaired) electrons. The molecule has 0 atom stereocenters. The lowest BCUT2D eigenvalue weighted by molar-refractivity contribution is 0.341. The number of nitrogens with zero attached hydrogens (tertiary/aromatic N) is 1. The number of ether oxygens (including phenoxy) is 1. The quantitative estimate of drug-likeness (QED) is 0.749. The lowest BCUT2D eigenvalue weighted by atomic mass is 10.1. The molecular formula is C10H11BN2O2. The van der Waals surface area contributed by atoms with Gasteiger partial charge in [-0.2, -0.15) is 0 Å². The Labute approximate surface area is 88.3 Å². The summed E-state index contributed by atoms with van der Waals surface area (Å²) in [6.07, 6.45) is 0.476. The molecule has 0 spiro atoms. The van der Waals surface area contributed by atoms with Crippen LogP contribution in [0.15, 0.2) is 23.0 Å². The van der Waals surface area contributed by atoms with Crippen molar-refractivity contribution in [3.8, 4) is 5.75 Å². The zero-order valence-corrected chi connectivity index (χ0v) is 8.49. The van der Waals surface area contributed by atoms with Gasteiger partial charge in [0.1, 0.15) is 5.75 Å². The SMILES string of the molecule is [B]CCOc1ccc2c(c1)[nH]c(=O)n2C. The number of rotatable bonds is 3. The molecular weight excluding hydrogens is 191 g/mol. The van der Waals surface area contributed by atoms with Gasteiger partial charge in [0.15, 0.2) is 0 Å². The van der Waals surface area contributed by atoms with E-state index in [4.69, 9.17) is 12.6 Å². The second kappa shape index (κ2) is 3.84. The third kappa shape index (κ3) is 1.77. The van der Waals surface area contributed by atoms with E-state index >= 15 is 0 Å². The van der Waals surface area contributed by atoms with Gasteiger partial charge < -0.3 is 9.72 Å². The first kappa shape index (κ1) is 9.89. The van der Waals surface area contributed by atoms with Crippen molar-refractivity contribution < 1.29 is 4.74 Å². The molecule has 5 heteroatoms. The average Bonchev–Trinajstić information content (AvgIpc) is 2.52. The standard InChI is InChI=1S/C10H11BN2O2/c1-13-9-3-2-7(15-5-4-11)6-8(9)12-10(13)14/h2-3,6H,4-5H2,1H3,(H,12,14). The third-order valence-electron chi connectivity index (χ3n) is 2.26. The molecule has 1 aromatic heterocycles. The Hall–Kier alpha value is -1.65. The van der Waals surface area contributed by atoms with E-state index in [1.54, 1.807) is 17.7 Å². The van der Waals surface area contributed by atoms with Crippen LogP contribution in [0, 0.1) is 0 Å². The Balaban J connectivity index is 2.43. The summed E-state index contributed by atoms with van der Waals surface area (Å²) in [6, 6.07) is 5.47. The van der Waals surface area contributed by atoms with Crippen LogP contribution in [0.3, 0.4) is 0 Å². The summed E-state index contributed by atoms with van der Waals surface area (Å²) < 4.78 is 6.91. The second-order valence-electron chi connectivity index (χ2n) is 3.31. The molecule has 0 saturated heterocycles. The largest absolute Gasteiger partial charge is 0.494 e. The highest BCUT2D eigenvalue weighted by Gasteiger charge is 2.03. The monoisotopic (exact) mass is 202 g/mol. The highest BCUT2D eigenvalue weighted by atomic mass is 16.5. The summed E-state index contributed by atoms with van der Waals surface area (Å²) in [4.78, 5) is 14.1. The smallest absolute Gasteiger partial charge is 0.326 e. The van der Waals surface area contributed by atoms with Crippen LogP contribution in [-0.4, -0.2) is 24.0 Å². The van der Waals surface area contributed by atoms with E-state index in [9.17, 15) is 4.79 Å². The van der Waals surface area contributed by atoms with Crippen LogP contribution in [0.25, 0.3) is 11.0 Å². The fourth-order valence-corrected chi connectivity index (χ4v) is 1.48. The van der Waals surface area contributed by atoms with E-state index in [0.717, 1.165) is 16.8 Å². The number of hydrogen-bond donors (Lipinski definition) is 1. The highest BCUT2D eigenvalue weighted by Crippen LogP contribution is 2.17. The number of aromatic amines is 1. The van der Waals surface area contributed by atoms with Crippen molar-refractivity contribution in [2.75, 3.05) is 6.61 Å². The molecule has 0 aliphatic rings. The number of hydrogen-bond acceptors (Lipinski definition) is 2. The molecule has 15 heavy (non-hydrogen) atoms. The Morgan fingerprint density at radius 3 is 3.07 bits per heavy atom. The first-order valence-electron chi connectivity index (χ1n) is 4.74. The van der Waals surface area contributed by atoms with Crippen molar-refractivity contribution in [1.29, 1.82) is 0 Å². The van der Waals surface area contributed by atoms with Crippen LogP contribution >= 0.6 is 0 Å². The Morgan fingerprint density at radius 2 is 2.33 bits per heavy atom.